The minimum Gasteiger partial charge on any atom is -0.481 e. The van der Waals surface area contributed by atoms with Crippen LogP contribution < -0.4 is 10.1 Å². The maximum Gasteiger partial charge on any atom is 0.260 e. The third-order valence-electron chi connectivity index (χ3n) is 5.69. The number of rotatable bonds is 7. The lowest BCUT2D eigenvalue weighted by atomic mass is 9.92. The van der Waals surface area contributed by atoms with E-state index < -0.39 is 6.10 Å². The molecule has 1 heterocycles. The van der Waals surface area contributed by atoms with E-state index in [1.807, 2.05) is 13.0 Å². The van der Waals surface area contributed by atoms with E-state index >= 15 is 0 Å². The molecular weight excluding hydrogens is 324 g/mol. The normalized spacial score (nSPS) is 21.7. The van der Waals surface area contributed by atoms with Crippen LogP contribution in [0.4, 0.5) is 0 Å². The van der Waals surface area contributed by atoms with Crippen molar-refractivity contribution in [3.8, 4) is 5.75 Å². The molecule has 1 aromatic rings. The van der Waals surface area contributed by atoms with Crippen LogP contribution in [0, 0.1) is 5.92 Å². The Morgan fingerprint density at radius 1 is 1.27 bits per heavy atom. The fraction of sp³-hybridized carbons (Fsp3) is 0.682. The summed E-state index contributed by atoms with van der Waals surface area (Å²) in [5.41, 5.74) is 2.82. The van der Waals surface area contributed by atoms with Crippen molar-refractivity contribution in [1.29, 1.82) is 0 Å². The van der Waals surface area contributed by atoms with Gasteiger partial charge in [0.2, 0.25) is 0 Å². The molecule has 0 unspecified atom stereocenters. The van der Waals surface area contributed by atoms with Crippen molar-refractivity contribution >= 4 is 5.91 Å². The largest absolute Gasteiger partial charge is 0.481 e. The zero-order valence-electron chi connectivity index (χ0n) is 16.4. The lowest BCUT2D eigenvalue weighted by Gasteiger charge is -2.30. The van der Waals surface area contributed by atoms with E-state index in [1.54, 1.807) is 0 Å². The Labute approximate surface area is 158 Å². The molecule has 1 saturated heterocycles. The second-order valence-electron chi connectivity index (χ2n) is 8.09. The number of carbonyl (C=O) groups excluding carboxylic acids is 1. The monoisotopic (exact) mass is 358 g/mol. The van der Waals surface area contributed by atoms with Gasteiger partial charge in [-0.2, -0.15) is 0 Å². The molecule has 2 atom stereocenters. The summed E-state index contributed by atoms with van der Waals surface area (Å²) in [7, 11) is 0. The van der Waals surface area contributed by atoms with Gasteiger partial charge in [-0.15, -0.1) is 0 Å². The van der Waals surface area contributed by atoms with E-state index in [-0.39, 0.29) is 5.91 Å². The van der Waals surface area contributed by atoms with Crippen molar-refractivity contribution in [2.24, 2.45) is 5.92 Å². The predicted molar refractivity (Wildman–Crippen MR) is 106 cm³/mol. The van der Waals surface area contributed by atoms with Gasteiger partial charge in [-0.25, -0.2) is 0 Å². The van der Waals surface area contributed by atoms with E-state index in [1.165, 1.54) is 56.3 Å². The Bertz CT molecular complexity index is 602. The Hall–Kier alpha value is -1.55. The first-order valence-corrected chi connectivity index (χ1v) is 10.4. The summed E-state index contributed by atoms with van der Waals surface area (Å²) in [6.45, 7) is 8.36. The SMILES string of the molecule is C[C@H]1CCCN(CCCNC(=O)[C@H](C)Oc2ccc3c(c2)CCCC3)C1. The van der Waals surface area contributed by atoms with Crippen LogP contribution in [0.2, 0.25) is 0 Å². The van der Waals surface area contributed by atoms with Gasteiger partial charge in [0.15, 0.2) is 6.10 Å². The first-order chi connectivity index (χ1) is 12.6. The van der Waals surface area contributed by atoms with Crippen LogP contribution in [0.15, 0.2) is 18.2 Å². The molecule has 4 heteroatoms. The van der Waals surface area contributed by atoms with Crippen LogP contribution in [0.3, 0.4) is 0 Å². The highest BCUT2D eigenvalue weighted by molar-refractivity contribution is 5.80. The van der Waals surface area contributed by atoms with Crippen molar-refractivity contribution in [1.82, 2.24) is 10.2 Å². The highest BCUT2D eigenvalue weighted by Gasteiger charge is 2.17. The molecule has 2 aliphatic rings. The summed E-state index contributed by atoms with van der Waals surface area (Å²) < 4.78 is 5.88. The topological polar surface area (TPSA) is 41.6 Å². The molecule has 26 heavy (non-hydrogen) atoms. The van der Waals surface area contributed by atoms with Gasteiger partial charge in [0.25, 0.3) is 5.91 Å². The Morgan fingerprint density at radius 2 is 2.08 bits per heavy atom. The molecule has 144 valence electrons. The van der Waals surface area contributed by atoms with E-state index in [0.29, 0.717) is 0 Å². The number of likely N-dealkylation sites (tertiary alicyclic amines) is 1. The standard InChI is InChI=1S/C22H34N2O2/c1-17-7-5-13-24(16-17)14-6-12-23-22(25)18(2)26-21-11-10-19-8-3-4-9-20(19)15-21/h10-11,15,17-18H,3-9,12-14,16H2,1-2H3,(H,23,25)/t17-,18-/m0/s1. The summed E-state index contributed by atoms with van der Waals surface area (Å²) in [5.74, 6) is 1.61. The number of aryl methyl sites for hydroxylation is 2. The Balaban J connectivity index is 1.37. The van der Waals surface area contributed by atoms with E-state index in [2.05, 4.69) is 29.3 Å². The summed E-state index contributed by atoms with van der Waals surface area (Å²) in [5, 5.41) is 3.03. The molecule has 3 rings (SSSR count). The molecular formula is C22H34N2O2. The Kier molecular flexibility index (Phi) is 6.95. The summed E-state index contributed by atoms with van der Waals surface area (Å²) in [6.07, 6.45) is 8.04. The summed E-state index contributed by atoms with van der Waals surface area (Å²) in [6, 6.07) is 6.29. The fourth-order valence-electron chi connectivity index (χ4n) is 4.19. The third-order valence-corrected chi connectivity index (χ3v) is 5.69. The number of fused-ring (bicyclic) bond motifs is 1. The van der Waals surface area contributed by atoms with Crippen LogP contribution in [0.25, 0.3) is 0 Å². The summed E-state index contributed by atoms with van der Waals surface area (Å²) >= 11 is 0. The second-order valence-corrected chi connectivity index (χ2v) is 8.09. The fourth-order valence-corrected chi connectivity index (χ4v) is 4.19. The zero-order valence-corrected chi connectivity index (χ0v) is 16.4. The van der Waals surface area contributed by atoms with Crippen LogP contribution in [0.1, 0.15) is 57.1 Å². The minimum atomic E-state index is -0.452. The van der Waals surface area contributed by atoms with Gasteiger partial charge < -0.3 is 15.0 Å². The van der Waals surface area contributed by atoms with Crippen molar-refractivity contribution in [2.45, 2.75) is 64.9 Å². The van der Waals surface area contributed by atoms with Gasteiger partial charge in [-0.05, 0) is 94.1 Å². The lowest BCUT2D eigenvalue weighted by Crippen LogP contribution is -2.39. The number of nitrogens with one attached hydrogen (secondary N) is 1. The number of carbonyl (C=O) groups is 1. The van der Waals surface area contributed by atoms with Gasteiger partial charge in [-0.1, -0.05) is 13.0 Å². The molecule has 0 aromatic heterocycles. The predicted octanol–water partition coefficient (Wildman–Crippen LogP) is 3.57. The average Bonchev–Trinajstić information content (AvgIpc) is 2.65. The van der Waals surface area contributed by atoms with E-state index in [9.17, 15) is 4.79 Å². The highest BCUT2D eigenvalue weighted by atomic mass is 16.5. The molecule has 1 aromatic carbocycles. The molecule has 1 aliphatic heterocycles. The van der Waals surface area contributed by atoms with Crippen LogP contribution in [-0.4, -0.2) is 43.1 Å². The first kappa shape index (κ1) is 19.2. The molecule has 1 fully saturated rings. The smallest absolute Gasteiger partial charge is 0.260 e. The molecule has 0 spiro atoms. The van der Waals surface area contributed by atoms with Crippen LogP contribution in [0.5, 0.6) is 5.75 Å². The molecule has 1 aliphatic carbocycles. The van der Waals surface area contributed by atoms with Gasteiger partial charge in [-0.3, -0.25) is 4.79 Å². The first-order valence-electron chi connectivity index (χ1n) is 10.4. The van der Waals surface area contributed by atoms with Gasteiger partial charge in [0, 0.05) is 13.1 Å². The zero-order chi connectivity index (χ0) is 18.4. The van der Waals surface area contributed by atoms with Crippen molar-refractivity contribution in [3.05, 3.63) is 29.3 Å². The number of ether oxygens (including phenoxy) is 1. The molecule has 1 N–H and O–H groups in total. The van der Waals surface area contributed by atoms with E-state index in [4.69, 9.17) is 4.74 Å². The van der Waals surface area contributed by atoms with Gasteiger partial charge in [0.1, 0.15) is 5.75 Å². The molecule has 0 saturated carbocycles. The number of hydrogen-bond acceptors (Lipinski definition) is 3. The number of nitrogens with zero attached hydrogens (tertiary/aromatic N) is 1. The number of hydrogen-bond donors (Lipinski definition) is 1. The number of amides is 1. The van der Waals surface area contributed by atoms with Crippen molar-refractivity contribution in [3.63, 3.8) is 0 Å². The van der Waals surface area contributed by atoms with Crippen LogP contribution >= 0.6 is 0 Å². The minimum absolute atomic E-state index is 0.0188. The lowest BCUT2D eigenvalue weighted by molar-refractivity contribution is -0.127. The van der Waals surface area contributed by atoms with Gasteiger partial charge in [0.05, 0.1) is 0 Å². The van der Waals surface area contributed by atoms with Crippen LogP contribution in [-0.2, 0) is 17.6 Å². The molecule has 0 radical (unpaired) electrons. The average molecular weight is 359 g/mol. The second kappa shape index (κ2) is 9.40. The van der Waals surface area contributed by atoms with Crippen molar-refractivity contribution in [2.75, 3.05) is 26.2 Å². The maximum absolute atomic E-state index is 12.3. The van der Waals surface area contributed by atoms with Gasteiger partial charge >= 0.3 is 0 Å². The van der Waals surface area contributed by atoms with Crippen molar-refractivity contribution < 1.29 is 9.53 Å². The third kappa shape index (κ3) is 5.47. The quantitative estimate of drug-likeness (QED) is 0.758. The number of benzene rings is 1. The number of piperidine rings is 1. The van der Waals surface area contributed by atoms with E-state index in [0.717, 1.165) is 37.6 Å². The molecule has 4 nitrogen and oxygen atoms in total. The highest BCUT2D eigenvalue weighted by Crippen LogP contribution is 2.25. The molecule has 0 bridgehead atoms. The molecule has 1 amide bonds. The maximum atomic E-state index is 12.3. The summed E-state index contributed by atoms with van der Waals surface area (Å²) in [4.78, 5) is 14.8. The Morgan fingerprint density at radius 3 is 2.88 bits per heavy atom.